The minimum absolute atomic E-state index is 0.124. The second kappa shape index (κ2) is 6.82. The van der Waals surface area contributed by atoms with Gasteiger partial charge >= 0.3 is 6.03 Å². The molecule has 0 saturated carbocycles. The zero-order chi connectivity index (χ0) is 18.1. The van der Waals surface area contributed by atoms with Crippen LogP contribution in [0, 0.1) is 6.92 Å². The van der Waals surface area contributed by atoms with Gasteiger partial charge in [-0.1, -0.05) is 45.7 Å². The standard InChI is InChI=1S/C18H12BrClN2O3/c1-10-14(20)3-2-4-15(10)22-17(24)13(16(23)21-18(22)25)9-11-5-7-12(19)8-6-11/h2-9H,1H3,(H,21,23,25)/b13-9+. The zero-order valence-corrected chi connectivity index (χ0v) is 15.4. The van der Waals surface area contributed by atoms with Gasteiger partial charge < -0.3 is 0 Å². The molecule has 1 aliphatic rings. The number of carbonyl (C=O) groups is 3. The first-order valence-electron chi connectivity index (χ1n) is 7.30. The van der Waals surface area contributed by atoms with Crippen LogP contribution in [0.1, 0.15) is 11.1 Å². The fourth-order valence-electron chi connectivity index (χ4n) is 2.44. The second-order valence-corrected chi connectivity index (χ2v) is 6.72. The predicted molar refractivity (Wildman–Crippen MR) is 99.3 cm³/mol. The Labute approximate surface area is 157 Å². The molecule has 0 bridgehead atoms. The predicted octanol–water partition coefficient (Wildman–Crippen LogP) is 4.08. The molecule has 0 aromatic heterocycles. The molecule has 7 heteroatoms. The lowest BCUT2D eigenvalue weighted by Gasteiger charge is -2.27. The third kappa shape index (κ3) is 3.36. The highest BCUT2D eigenvalue weighted by Gasteiger charge is 2.37. The first kappa shape index (κ1) is 17.4. The summed E-state index contributed by atoms with van der Waals surface area (Å²) in [6.07, 6.45) is 1.45. The fourth-order valence-corrected chi connectivity index (χ4v) is 2.87. The van der Waals surface area contributed by atoms with Gasteiger partial charge in [-0.3, -0.25) is 14.9 Å². The highest BCUT2D eigenvalue weighted by molar-refractivity contribution is 9.10. The van der Waals surface area contributed by atoms with E-state index in [0.29, 0.717) is 21.8 Å². The third-order valence-electron chi connectivity index (χ3n) is 3.76. The molecule has 1 heterocycles. The van der Waals surface area contributed by atoms with Crippen molar-refractivity contribution >= 4 is 57.1 Å². The first-order valence-corrected chi connectivity index (χ1v) is 8.47. The Balaban J connectivity index is 2.05. The van der Waals surface area contributed by atoms with Gasteiger partial charge in [0.1, 0.15) is 5.57 Å². The van der Waals surface area contributed by atoms with Crippen LogP contribution < -0.4 is 10.2 Å². The van der Waals surface area contributed by atoms with Crippen LogP contribution in [-0.2, 0) is 9.59 Å². The number of barbiturate groups is 1. The molecule has 25 heavy (non-hydrogen) atoms. The van der Waals surface area contributed by atoms with Crippen molar-refractivity contribution in [2.45, 2.75) is 6.92 Å². The topological polar surface area (TPSA) is 66.5 Å². The highest BCUT2D eigenvalue weighted by atomic mass is 79.9. The molecule has 1 aliphatic heterocycles. The monoisotopic (exact) mass is 418 g/mol. The molecule has 5 nitrogen and oxygen atoms in total. The lowest BCUT2D eigenvalue weighted by Crippen LogP contribution is -2.54. The fraction of sp³-hybridized carbons (Fsp3) is 0.0556. The van der Waals surface area contributed by atoms with Crippen molar-refractivity contribution in [2.24, 2.45) is 0 Å². The van der Waals surface area contributed by atoms with Crippen molar-refractivity contribution in [3.8, 4) is 0 Å². The molecule has 0 spiro atoms. The van der Waals surface area contributed by atoms with E-state index < -0.39 is 17.8 Å². The summed E-state index contributed by atoms with van der Waals surface area (Å²) in [4.78, 5) is 38.1. The Morgan fingerprint density at radius 3 is 2.44 bits per heavy atom. The Kier molecular flexibility index (Phi) is 4.74. The molecule has 1 fully saturated rings. The number of hydrogen-bond acceptors (Lipinski definition) is 3. The van der Waals surface area contributed by atoms with Gasteiger partial charge in [0, 0.05) is 9.50 Å². The van der Waals surface area contributed by atoms with Crippen molar-refractivity contribution < 1.29 is 14.4 Å². The maximum absolute atomic E-state index is 12.8. The molecule has 1 saturated heterocycles. The van der Waals surface area contributed by atoms with E-state index in [1.807, 2.05) is 0 Å². The SMILES string of the molecule is Cc1c(Cl)cccc1N1C(=O)NC(=O)/C(=C\c2ccc(Br)cc2)C1=O. The minimum atomic E-state index is -0.798. The maximum atomic E-state index is 12.8. The van der Waals surface area contributed by atoms with Gasteiger partial charge in [0.05, 0.1) is 5.69 Å². The lowest BCUT2D eigenvalue weighted by molar-refractivity contribution is -0.122. The van der Waals surface area contributed by atoms with Crippen molar-refractivity contribution in [1.82, 2.24) is 5.32 Å². The van der Waals surface area contributed by atoms with Gasteiger partial charge in [-0.2, -0.15) is 0 Å². The molecular weight excluding hydrogens is 408 g/mol. The summed E-state index contributed by atoms with van der Waals surface area (Å²) in [6.45, 7) is 1.70. The van der Waals surface area contributed by atoms with E-state index in [4.69, 9.17) is 11.6 Å². The van der Waals surface area contributed by atoms with E-state index in [0.717, 1.165) is 9.37 Å². The molecule has 0 radical (unpaired) electrons. The number of nitrogens with one attached hydrogen (secondary N) is 1. The number of urea groups is 1. The summed E-state index contributed by atoms with van der Waals surface area (Å²) >= 11 is 9.41. The Morgan fingerprint density at radius 2 is 1.76 bits per heavy atom. The second-order valence-electron chi connectivity index (χ2n) is 5.39. The first-order chi connectivity index (χ1) is 11.9. The number of hydrogen-bond donors (Lipinski definition) is 1. The minimum Gasteiger partial charge on any atom is -0.273 e. The molecule has 0 aliphatic carbocycles. The van der Waals surface area contributed by atoms with E-state index in [1.54, 1.807) is 49.4 Å². The van der Waals surface area contributed by atoms with Crippen LogP contribution in [0.5, 0.6) is 0 Å². The summed E-state index contributed by atoms with van der Waals surface area (Å²) in [7, 11) is 0. The van der Waals surface area contributed by atoms with E-state index >= 15 is 0 Å². The molecule has 1 N–H and O–H groups in total. The number of amides is 4. The van der Waals surface area contributed by atoms with Gasteiger partial charge in [0.2, 0.25) is 0 Å². The molecular formula is C18H12BrClN2O3. The Bertz CT molecular complexity index is 922. The summed E-state index contributed by atoms with van der Waals surface area (Å²) < 4.78 is 0.875. The van der Waals surface area contributed by atoms with Gasteiger partial charge in [-0.25, -0.2) is 9.69 Å². The Hall–Kier alpha value is -2.44. The molecule has 126 valence electrons. The summed E-state index contributed by atoms with van der Waals surface area (Å²) in [5.74, 6) is -1.42. The number of nitrogens with zero attached hydrogens (tertiary/aromatic N) is 1. The quantitative estimate of drug-likeness (QED) is 0.589. The summed E-state index contributed by atoms with van der Waals surface area (Å²) in [6, 6.07) is 11.2. The van der Waals surface area contributed by atoms with Crippen LogP contribution in [-0.4, -0.2) is 17.8 Å². The normalized spacial score (nSPS) is 16.4. The molecule has 2 aromatic carbocycles. The molecule has 0 unspecified atom stereocenters. The Morgan fingerprint density at radius 1 is 1.08 bits per heavy atom. The van der Waals surface area contributed by atoms with Gasteiger partial charge in [0.15, 0.2) is 0 Å². The van der Waals surface area contributed by atoms with Gasteiger partial charge in [-0.05, 0) is 48.4 Å². The number of rotatable bonds is 2. The summed E-state index contributed by atoms with van der Waals surface area (Å²) in [5.41, 5.74) is 1.45. The van der Waals surface area contributed by atoms with Crippen LogP contribution in [0.15, 0.2) is 52.5 Å². The van der Waals surface area contributed by atoms with E-state index in [9.17, 15) is 14.4 Å². The summed E-state index contributed by atoms with van der Waals surface area (Å²) in [5, 5.41) is 2.62. The van der Waals surface area contributed by atoms with Crippen molar-refractivity contribution in [1.29, 1.82) is 0 Å². The van der Waals surface area contributed by atoms with Crippen LogP contribution in [0.2, 0.25) is 5.02 Å². The maximum Gasteiger partial charge on any atom is 0.335 e. The van der Waals surface area contributed by atoms with Crippen molar-refractivity contribution in [3.63, 3.8) is 0 Å². The van der Waals surface area contributed by atoms with Gasteiger partial charge in [-0.15, -0.1) is 0 Å². The number of imide groups is 2. The average Bonchev–Trinajstić information content (AvgIpc) is 2.57. The largest absolute Gasteiger partial charge is 0.335 e. The molecule has 2 aromatic rings. The number of carbonyl (C=O) groups excluding carboxylic acids is 3. The van der Waals surface area contributed by atoms with E-state index in [2.05, 4.69) is 21.2 Å². The van der Waals surface area contributed by atoms with Crippen LogP contribution in [0.3, 0.4) is 0 Å². The zero-order valence-electron chi connectivity index (χ0n) is 13.0. The van der Waals surface area contributed by atoms with E-state index in [1.165, 1.54) is 6.08 Å². The number of halogens is 2. The third-order valence-corrected chi connectivity index (χ3v) is 4.70. The van der Waals surface area contributed by atoms with Crippen LogP contribution in [0.4, 0.5) is 10.5 Å². The van der Waals surface area contributed by atoms with Crippen LogP contribution >= 0.6 is 27.5 Å². The van der Waals surface area contributed by atoms with E-state index in [-0.39, 0.29) is 5.57 Å². The molecule has 3 rings (SSSR count). The average molecular weight is 420 g/mol. The van der Waals surface area contributed by atoms with Crippen molar-refractivity contribution in [2.75, 3.05) is 4.90 Å². The number of anilines is 1. The molecule has 4 amide bonds. The number of benzene rings is 2. The highest BCUT2D eigenvalue weighted by Crippen LogP contribution is 2.29. The smallest absolute Gasteiger partial charge is 0.273 e. The van der Waals surface area contributed by atoms with Crippen molar-refractivity contribution in [3.05, 3.63) is 68.7 Å². The lowest BCUT2D eigenvalue weighted by atomic mass is 10.1. The molecule has 0 atom stereocenters. The van der Waals surface area contributed by atoms with Gasteiger partial charge in [0.25, 0.3) is 11.8 Å². The van der Waals surface area contributed by atoms with Crippen LogP contribution in [0.25, 0.3) is 6.08 Å².